The molecule has 0 bridgehead atoms. The monoisotopic (exact) mass is 522 g/mol. The molecular weight excluding hydrogens is 468 g/mol. The number of hydrogen-bond acceptors (Lipinski definition) is 5. The van der Waals surface area contributed by atoms with E-state index in [1.807, 2.05) is 18.2 Å². The van der Waals surface area contributed by atoms with Gasteiger partial charge >= 0.3 is 0 Å². The van der Waals surface area contributed by atoms with Gasteiger partial charge in [0.25, 0.3) is 0 Å². The molecule has 6 atom stereocenters. The van der Waals surface area contributed by atoms with Gasteiger partial charge in [-0.25, -0.2) is 0 Å². The molecule has 0 N–H and O–H groups in total. The Bertz CT molecular complexity index is 731. The molecule has 0 aliphatic carbocycles. The summed E-state index contributed by atoms with van der Waals surface area (Å²) >= 11 is 0. The molecule has 6 heteroatoms. The summed E-state index contributed by atoms with van der Waals surface area (Å²) in [5, 5.41) is 0.101. The van der Waals surface area contributed by atoms with E-state index in [1.54, 1.807) is 14.2 Å². The molecule has 1 rings (SSSR count). The van der Waals surface area contributed by atoms with E-state index >= 15 is 0 Å². The molecule has 0 unspecified atom stereocenters. The molecule has 1 aromatic rings. The second-order valence-electron chi connectivity index (χ2n) is 11.6. The summed E-state index contributed by atoms with van der Waals surface area (Å²) in [4.78, 5) is 0. The summed E-state index contributed by atoms with van der Waals surface area (Å²) < 4.78 is 30.7. The van der Waals surface area contributed by atoms with Crippen molar-refractivity contribution in [3.05, 3.63) is 48.0 Å². The largest absolute Gasteiger partial charge is 0.413 e. The van der Waals surface area contributed by atoms with E-state index in [0.717, 1.165) is 6.42 Å². The van der Waals surface area contributed by atoms with Gasteiger partial charge in [0.1, 0.15) is 6.79 Å². The number of hydrogen-bond donors (Lipinski definition) is 0. The van der Waals surface area contributed by atoms with Crippen LogP contribution in [-0.2, 0) is 30.0 Å². The van der Waals surface area contributed by atoms with Crippen molar-refractivity contribution in [2.24, 2.45) is 17.8 Å². The molecule has 0 aliphatic rings. The van der Waals surface area contributed by atoms with E-state index in [4.69, 9.17) is 23.4 Å². The van der Waals surface area contributed by atoms with Crippen LogP contribution in [0.1, 0.15) is 60.5 Å². The van der Waals surface area contributed by atoms with Crippen molar-refractivity contribution >= 4 is 8.32 Å². The summed E-state index contributed by atoms with van der Waals surface area (Å²) in [6.07, 6.45) is 5.05. The highest BCUT2D eigenvalue weighted by Crippen LogP contribution is 2.41. The standard InChI is InChI=1S/C30H54O5Si/c1-12-16-23(2)28(34-22-31-8)25(4)29(35-36(10,11)30(5,6)7)24(3)27(32-9)19-20-33-21-26-17-14-13-15-18-26/h12-18,23-25,27-29H,19-22H2,1-11H3/b16-12+/t23-,24+,25+,27+,28+,29+/m1/s1. The molecule has 0 saturated carbocycles. The number of allylic oxidation sites excluding steroid dienone is 1. The first-order chi connectivity index (χ1) is 16.9. The Morgan fingerprint density at radius 3 is 2.11 bits per heavy atom. The Kier molecular flexibility index (Phi) is 14.7. The van der Waals surface area contributed by atoms with Crippen LogP contribution in [0.25, 0.3) is 0 Å². The molecule has 0 spiro atoms. The van der Waals surface area contributed by atoms with Crippen LogP contribution in [-0.4, -0.2) is 54.2 Å². The van der Waals surface area contributed by atoms with Crippen LogP contribution in [0.2, 0.25) is 18.1 Å². The highest BCUT2D eigenvalue weighted by atomic mass is 28.4. The van der Waals surface area contributed by atoms with Crippen LogP contribution < -0.4 is 0 Å². The predicted octanol–water partition coefficient (Wildman–Crippen LogP) is 7.47. The van der Waals surface area contributed by atoms with Gasteiger partial charge in [0, 0.05) is 38.6 Å². The van der Waals surface area contributed by atoms with Crippen LogP contribution in [0, 0.1) is 17.8 Å². The van der Waals surface area contributed by atoms with Crippen LogP contribution in [0.4, 0.5) is 0 Å². The first-order valence-electron chi connectivity index (χ1n) is 13.4. The Morgan fingerprint density at radius 2 is 1.58 bits per heavy atom. The molecular formula is C30H54O5Si. The van der Waals surface area contributed by atoms with Crippen LogP contribution >= 0.6 is 0 Å². The zero-order valence-electron chi connectivity index (χ0n) is 24.9. The van der Waals surface area contributed by atoms with Crippen molar-refractivity contribution in [1.82, 2.24) is 0 Å². The Hall–Kier alpha value is -1.02. The molecule has 0 fully saturated rings. The van der Waals surface area contributed by atoms with Crippen LogP contribution in [0.15, 0.2) is 42.5 Å². The lowest BCUT2D eigenvalue weighted by Crippen LogP contribution is -2.52. The zero-order chi connectivity index (χ0) is 27.4. The van der Waals surface area contributed by atoms with Crippen molar-refractivity contribution in [2.45, 2.75) is 97.9 Å². The van der Waals surface area contributed by atoms with Gasteiger partial charge in [-0.2, -0.15) is 0 Å². The lowest BCUT2D eigenvalue weighted by molar-refractivity contribution is -0.130. The Morgan fingerprint density at radius 1 is 0.944 bits per heavy atom. The quantitative estimate of drug-likeness (QED) is 0.0919. The summed E-state index contributed by atoms with van der Waals surface area (Å²) in [5.74, 6) is 0.525. The van der Waals surface area contributed by atoms with E-state index in [2.05, 4.69) is 85.8 Å². The number of ether oxygens (including phenoxy) is 4. The van der Waals surface area contributed by atoms with E-state index in [1.165, 1.54) is 5.56 Å². The second kappa shape index (κ2) is 16.1. The molecule has 5 nitrogen and oxygen atoms in total. The lowest BCUT2D eigenvalue weighted by atomic mass is 9.81. The average molecular weight is 523 g/mol. The van der Waals surface area contributed by atoms with Crippen molar-refractivity contribution in [1.29, 1.82) is 0 Å². The molecule has 0 aromatic heterocycles. The maximum Gasteiger partial charge on any atom is 0.192 e. The fraction of sp³-hybridized carbons (Fsp3) is 0.733. The minimum atomic E-state index is -2.06. The molecule has 0 aliphatic heterocycles. The lowest BCUT2D eigenvalue weighted by Gasteiger charge is -2.46. The maximum atomic E-state index is 7.15. The number of rotatable bonds is 17. The summed E-state index contributed by atoms with van der Waals surface area (Å²) in [6.45, 7) is 21.8. The minimum Gasteiger partial charge on any atom is -0.413 e. The molecule has 0 heterocycles. The third-order valence-corrected chi connectivity index (χ3v) is 12.2. The fourth-order valence-corrected chi connectivity index (χ4v) is 5.97. The maximum absolute atomic E-state index is 7.15. The summed E-state index contributed by atoms with van der Waals surface area (Å²) in [7, 11) is 1.41. The number of methoxy groups -OCH3 is 2. The van der Waals surface area contributed by atoms with Gasteiger partial charge < -0.3 is 23.4 Å². The van der Waals surface area contributed by atoms with Gasteiger partial charge in [0.2, 0.25) is 0 Å². The van der Waals surface area contributed by atoms with Crippen molar-refractivity contribution < 1.29 is 23.4 Å². The highest BCUT2D eigenvalue weighted by Gasteiger charge is 2.44. The molecule has 0 amide bonds. The van der Waals surface area contributed by atoms with Gasteiger partial charge in [-0.15, -0.1) is 0 Å². The predicted molar refractivity (Wildman–Crippen MR) is 153 cm³/mol. The van der Waals surface area contributed by atoms with Gasteiger partial charge in [-0.05, 0) is 37.0 Å². The van der Waals surface area contributed by atoms with Crippen molar-refractivity contribution in [3.63, 3.8) is 0 Å². The third-order valence-electron chi connectivity index (χ3n) is 7.73. The van der Waals surface area contributed by atoms with Gasteiger partial charge in [0.15, 0.2) is 8.32 Å². The Balaban J connectivity index is 3.11. The topological polar surface area (TPSA) is 46.2 Å². The average Bonchev–Trinajstić information content (AvgIpc) is 2.82. The zero-order valence-corrected chi connectivity index (χ0v) is 25.9. The van der Waals surface area contributed by atoms with Crippen LogP contribution in [0.5, 0.6) is 0 Å². The SMILES string of the molecule is C/C=C/[C@@H](C)[C@H](OCOC)[C@H](C)[C@@H](O[Si](C)(C)C(C)(C)C)[C@@H](C)[C@H](CCOCc1ccccc1)OC. The van der Waals surface area contributed by atoms with Crippen molar-refractivity contribution in [2.75, 3.05) is 27.6 Å². The molecule has 0 saturated heterocycles. The smallest absolute Gasteiger partial charge is 0.192 e. The molecule has 208 valence electrons. The molecule has 0 radical (unpaired) electrons. The minimum absolute atomic E-state index is 0.0121. The normalized spacial score (nSPS) is 18.1. The van der Waals surface area contributed by atoms with Gasteiger partial charge in [-0.3, -0.25) is 0 Å². The second-order valence-corrected chi connectivity index (χ2v) is 16.3. The molecule has 36 heavy (non-hydrogen) atoms. The van der Waals surface area contributed by atoms with Gasteiger partial charge in [0.05, 0.1) is 24.9 Å². The van der Waals surface area contributed by atoms with Crippen molar-refractivity contribution in [3.8, 4) is 0 Å². The summed E-state index contributed by atoms with van der Waals surface area (Å²) in [5.41, 5.74) is 1.18. The van der Waals surface area contributed by atoms with E-state index in [-0.39, 0.29) is 47.9 Å². The van der Waals surface area contributed by atoms with Gasteiger partial charge in [-0.1, -0.05) is 84.0 Å². The number of benzene rings is 1. The highest BCUT2D eigenvalue weighted by molar-refractivity contribution is 6.74. The third kappa shape index (κ3) is 10.4. The fourth-order valence-electron chi connectivity index (χ4n) is 4.51. The first-order valence-corrected chi connectivity index (χ1v) is 16.4. The van der Waals surface area contributed by atoms with E-state index < -0.39 is 8.32 Å². The first kappa shape index (κ1) is 33.0. The Labute approximate surface area is 223 Å². The van der Waals surface area contributed by atoms with Crippen LogP contribution in [0.3, 0.4) is 0 Å². The summed E-state index contributed by atoms with van der Waals surface area (Å²) in [6, 6.07) is 10.3. The van der Waals surface area contributed by atoms with E-state index in [0.29, 0.717) is 13.2 Å². The van der Waals surface area contributed by atoms with E-state index in [9.17, 15) is 0 Å². The molecule has 1 aromatic carbocycles.